The van der Waals surface area contributed by atoms with Crippen molar-refractivity contribution in [2.75, 3.05) is 11.9 Å². The van der Waals surface area contributed by atoms with E-state index in [-0.39, 0.29) is 29.8 Å². The molecular weight excluding hydrogens is 376 g/mol. The minimum atomic E-state index is -1.58. The molecule has 2 N–H and O–H groups in total. The highest BCUT2D eigenvalue weighted by Gasteiger charge is 2.34. The van der Waals surface area contributed by atoms with Crippen molar-refractivity contribution in [2.24, 2.45) is 7.05 Å². The molecule has 0 aliphatic carbocycles. The van der Waals surface area contributed by atoms with E-state index >= 15 is 0 Å². The molecule has 27 heavy (non-hydrogen) atoms. The normalized spacial score (nSPS) is 18.6. The standard InChI is InChI=1S/C18H17F2N3O3S/c1-3-4-5-12-10-26-17-15(27(25)22-12)9-23(2)16(17)18(24)21-11-6-7-13(19)14(20)8-11/h6-9,12,22H,5,10H2,1-2H3,(H,21,24). The first kappa shape index (κ1) is 19.2. The molecule has 1 amide bonds. The lowest BCUT2D eigenvalue weighted by molar-refractivity contribution is 0.101. The highest BCUT2D eigenvalue weighted by Crippen LogP contribution is 2.33. The summed E-state index contributed by atoms with van der Waals surface area (Å²) in [7, 11) is 1.61. The molecule has 6 nitrogen and oxygen atoms in total. The Morgan fingerprint density at radius 3 is 2.96 bits per heavy atom. The summed E-state index contributed by atoms with van der Waals surface area (Å²) in [6, 6.07) is 2.80. The number of carbonyl (C=O) groups excluding carboxylic acids is 1. The largest absolute Gasteiger partial charge is 0.593 e. The summed E-state index contributed by atoms with van der Waals surface area (Å²) >= 11 is -1.58. The van der Waals surface area contributed by atoms with E-state index in [9.17, 15) is 18.1 Å². The van der Waals surface area contributed by atoms with Gasteiger partial charge in [-0.1, -0.05) is 0 Å². The number of rotatable bonds is 3. The average Bonchev–Trinajstić information content (AvgIpc) is 2.89. The van der Waals surface area contributed by atoms with Gasteiger partial charge in [-0.05, 0) is 19.1 Å². The molecule has 142 valence electrons. The van der Waals surface area contributed by atoms with Crippen LogP contribution in [-0.2, 0) is 18.4 Å². The maximum Gasteiger partial charge on any atom is 0.276 e. The Kier molecular flexibility index (Phi) is 5.70. The van der Waals surface area contributed by atoms with Crippen molar-refractivity contribution < 1.29 is 22.9 Å². The molecule has 2 aromatic rings. The van der Waals surface area contributed by atoms with E-state index in [4.69, 9.17) is 4.74 Å². The molecule has 0 fully saturated rings. The van der Waals surface area contributed by atoms with Crippen molar-refractivity contribution in [3.63, 3.8) is 0 Å². The van der Waals surface area contributed by atoms with Crippen molar-refractivity contribution in [3.05, 3.63) is 41.7 Å². The van der Waals surface area contributed by atoms with Crippen LogP contribution in [0, 0.1) is 23.5 Å². The second-order valence-electron chi connectivity index (χ2n) is 5.89. The summed E-state index contributed by atoms with van der Waals surface area (Å²) < 4.78 is 49.1. The Bertz CT molecular complexity index is 936. The first-order valence-corrected chi connectivity index (χ1v) is 9.21. The predicted octanol–water partition coefficient (Wildman–Crippen LogP) is 2.34. The molecule has 0 spiro atoms. The van der Waals surface area contributed by atoms with Crippen LogP contribution in [0.5, 0.6) is 5.75 Å². The zero-order valence-electron chi connectivity index (χ0n) is 14.6. The molecule has 2 unspecified atom stereocenters. The summed E-state index contributed by atoms with van der Waals surface area (Å²) in [5.74, 6) is 3.19. The summed E-state index contributed by atoms with van der Waals surface area (Å²) in [4.78, 5) is 13.0. The molecular formula is C18H17F2N3O3S. The number of hydrogen-bond donors (Lipinski definition) is 2. The smallest absolute Gasteiger partial charge is 0.276 e. The summed E-state index contributed by atoms with van der Waals surface area (Å²) in [5, 5.41) is 2.50. The number of benzene rings is 1. The number of nitrogens with zero attached hydrogens (tertiary/aromatic N) is 1. The number of aryl methyl sites for hydroxylation is 1. The van der Waals surface area contributed by atoms with E-state index < -0.39 is 28.9 Å². The quantitative estimate of drug-likeness (QED) is 0.620. The third kappa shape index (κ3) is 4.08. The van der Waals surface area contributed by atoms with Crippen molar-refractivity contribution in [3.8, 4) is 17.6 Å². The van der Waals surface area contributed by atoms with Gasteiger partial charge < -0.3 is 19.2 Å². The van der Waals surface area contributed by atoms with E-state index in [1.54, 1.807) is 14.0 Å². The molecule has 2 atom stereocenters. The Morgan fingerprint density at radius 1 is 1.48 bits per heavy atom. The number of nitrogens with one attached hydrogen (secondary N) is 2. The highest BCUT2D eigenvalue weighted by molar-refractivity contribution is 7.89. The SMILES string of the molecule is CC#CCC1COc2c(cn(C)c2C(=O)Nc2ccc(F)c(F)c2)[S+]([O-])N1. The lowest BCUT2D eigenvalue weighted by Gasteiger charge is -2.13. The molecule has 0 radical (unpaired) electrons. The van der Waals surface area contributed by atoms with Crippen LogP contribution in [0.25, 0.3) is 0 Å². The van der Waals surface area contributed by atoms with Crippen molar-refractivity contribution in [1.29, 1.82) is 0 Å². The lowest BCUT2D eigenvalue weighted by Crippen LogP contribution is -2.36. The fourth-order valence-electron chi connectivity index (χ4n) is 2.63. The average molecular weight is 393 g/mol. The minimum Gasteiger partial charge on any atom is -0.593 e. The number of ether oxygens (including phenoxy) is 1. The molecule has 1 aromatic heterocycles. The van der Waals surface area contributed by atoms with Crippen LogP contribution in [0.2, 0.25) is 0 Å². The number of halogens is 2. The molecule has 1 aliphatic rings. The van der Waals surface area contributed by atoms with E-state index in [0.717, 1.165) is 12.1 Å². The maximum atomic E-state index is 13.4. The maximum absolute atomic E-state index is 13.4. The molecule has 0 saturated heterocycles. The number of amides is 1. The zero-order chi connectivity index (χ0) is 19.6. The predicted molar refractivity (Wildman–Crippen MR) is 96.6 cm³/mol. The van der Waals surface area contributed by atoms with Crippen molar-refractivity contribution in [1.82, 2.24) is 9.29 Å². The van der Waals surface area contributed by atoms with Crippen LogP contribution in [-0.4, -0.2) is 27.7 Å². The van der Waals surface area contributed by atoms with Gasteiger partial charge in [0.2, 0.25) is 10.6 Å². The van der Waals surface area contributed by atoms with E-state index in [0.29, 0.717) is 11.3 Å². The van der Waals surface area contributed by atoms with Crippen LogP contribution in [0.15, 0.2) is 29.3 Å². The van der Waals surface area contributed by atoms with Gasteiger partial charge >= 0.3 is 0 Å². The van der Waals surface area contributed by atoms with Crippen molar-refractivity contribution in [2.45, 2.75) is 24.3 Å². The Morgan fingerprint density at radius 2 is 2.26 bits per heavy atom. The Balaban J connectivity index is 1.86. The molecule has 3 rings (SSSR count). The number of hydrogen-bond acceptors (Lipinski definition) is 4. The van der Waals surface area contributed by atoms with E-state index in [1.165, 1.54) is 16.8 Å². The fourth-order valence-corrected chi connectivity index (χ4v) is 3.79. The zero-order valence-corrected chi connectivity index (χ0v) is 15.5. The summed E-state index contributed by atoms with van der Waals surface area (Å²) in [6.07, 6.45) is 1.99. The van der Waals surface area contributed by atoms with Crippen LogP contribution in [0.4, 0.5) is 14.5 Å². The van der Waals surface area contributed by atoms with Crippen LogP contribution in [0.3, 0.4) is 0 Å². The second-order valence-corrected chi connectivity index (χ2v) is 7.10. The highest BCUT2D eigenvalue weighted by atomic mass is 32.2. The Hall–Kier alpha value is -2.54. The van der Waals surface area contributed by atoms with Gasteiger partial charge in [-0.2, -0.15) is 0 Å². The topological polar surface area (TPSA) is 78.3 Å². The van der Waals surface area contributed by atoms with Gasteiger partial charge in [0.25, 0.3) is 5.91 Å². The van der Waals surface area contributed by atoms with Gasteiger partial charge in [0.1, 0.15) is 6.61 Å². The number of anilines is 1. The van der Waals surface area contributed by atoms with E-state index in [1.807, 2.05) is 0 Å². The van der Waals surface area contributed by atoms with Gasteiger partial charge in [0.05, 0.1) is 23.6 Å². The minimum absolute atomic E-state index is 0.0952. The van der Waals surface area contributed by atoms with Crippen LogP contribution >= 0.6 is 0 Å². The second kappa shape index (κ2) is 8.00. The Labute approximate surface area is 158 Å². The van der Waals surface area contributed by atoms with Crippen LogP contribution in [0.1, 0.15) is 23.8 Å². The molecule has 2 heterocycles. The molecule has 0 bridgehead atoms. The molecule has 1 aromatic carbocycles. The first-order valence-electron chi connectivity index (χ1n) is 8.06. The lowest BCUT2D eigenvalue weighted by atomic mass is 10.2. The fraction of sp³-hybridized carbons (Fsp3) is 0.278. The number of carbonyl (C=O) groups is 1. The van der Waals surface area contributed by atoms with E-state index in [2.05, 4.69) is 21.9 Å². The first-order chi connectivity index (χ1) is 12.9. The van der Waals surface area contributed by atoms with Gasteiger partial charge in [-0.15, -0.1) is 16.6 Å². The molecule has 0 saturated carbocycles. The van der Waals surface area contributed by atoms with Crippen LogP contribution < -0.4 is 14.8 Å². The number of fused-ring (bicyclic) bond motifs is 1. The van der Waals surface area contributed by atoms with Gasteiger partial charge in [0.15, 0.2) is 17.3 Å². The summed E-state index contributed by atoms with van der Waals surface area (Å²) in [6.45, 7) is 1.90. The monoisotopic (exact) mass is 393 g/mol. The third-order valence-corrected chi connectivity index (χ3v) is 5.16. The van der Waals surface area contributed by atoms with Crippen molar-refractivity contribution >= 4 is 23.0 Å². The van der Waals surface area contributed by atoms with Gasteiger partial charge in [-0.25, -0.2) is 8.78 Å². The molecule has 9 heteroatoms. The molecule has 1 aliphatic heterocycles. The number of aromatic nitrogens is 1. The van der Waals surface area contributed by atoms with Gasteiger partial charge in [0, 0.05) is 25.2 Å². The summed E-state index contributed by atoms with van der Waals surface area (Å²) in [5.41, 5.74) is 0.227. The third-order valence-electron chi connectivity index (χ3n) is 3.92. The van der Waals surface area contributed by atoms with Gasteiger partial charge in [-0.3, -0.25) is 4.79 Å².